The van der Waals surface area contributed by atoms with Gasteiger partial charge in [0.15, 0.2) is 0 Å². The van der Waals surface area contributed by atoms with Gasteiger partial charge < -0.3 is 11.1 Å². The maximum Gasteiger partial charge on any atom is 0.221 e. The van der Waals surface area contributed by atoms with Crippen molar-refractivity contribution in [2.75, 3.05) is 18.6 Å². The molecule has 0 rings (SSSR count). The fourth-order valence-corrected chi connectivity index (χ4v) is 1.69. The van der Waals surface area contributed by atoms with Gasteiger partial charge in [-0.3, -0.25) is 4.79 Å². The fraction of sp³-hybridized carbons (Fsp3) is 0.889. The number of sulfone groups is 1. The highest BCUT2D eigenvalue weighted by atomic mass is 32.2. The van der Waals surface area contributed by atoms with Crippen LogP contribution in [0, 0.1) is 0 Å². The van der Waals surface area contributed by atoms with Crippen LogP contribution in [0.4, 0.5) is 0 Å². The first-order valence-electron chi connectivity index (χ1n) is 5.05. The lowest BCUT2D eigenvalue weighted by Crippen LogP contribution is -2.32. The van der Waals surface area contributed by atoms with Gasteiger partial charge in [0.2, 0.25) is 5.91 Å². The first kappa shape index (κ1) is 14.4. The Hall–Kier alpha value is -0.620. The van der Waals surface area contributed by atoms with E-state index in [0.717, 1.165) is 6.42 Å². The number of amides is 1. The molecule has 1 unspecified atom stereocenters. The molecule has 0 aromatic carbocycles. The summed E-state index contributed by atoms with van der Waals surface area (Å²) >= 11 is 0. The number of nitrogens with one attached hydrogen (secondary N) is 1. The highest BCUT2D eigenvalue weighted by Crippen LogP contribution is 1.93. The summed E-state index contributed by atoms with van der Waals surface area (Å²) in [6.45, 7) is 2.31. The Bertz CT molecular complexity index is 288. The molecule has 0 spiro atoms. The summed E-state index contributed by atoms with van der Waals surface area (Å²) in [5.41, 5.74) is 5.59. The van der Waals surface area contributed by atoms with Crippen molar-refractivity contribution in [3.05, 3.63) is 0 Å². The molecule has 1 amide bonds. The molecule has 0 aliphatic carbocycles. The van der Waals surface area contributed by atoms with Crippen molar-refractivity contribution in [1.29, 1.82) is 0 Å². The number of nitrogens with two attached hydrogens (primary N) is 1. The van der Waals surface area contributed by atoms with E-state index in [2.05, 4.69) is 5.32 Å². The van der Waals surface area contributed by atoms with Crippen molar-refractivity contribution in [2.24, 2.45) is 5.73 Å². The third-order valence-corrected chi connectivity index (χ3v) is 3.02. The molecule has 0 heterocycles. The quantitative estimate of drug-likeness (QED) is 0.592. The van der Waals surface area contributed by atoms with Crippen molar-refractivity contribution in [3.63, 3.8) is 0 Å². The summed E-state index contributed by atoms with van der Waals surface area (Å²) in [7, 11) is -2.93. The lowest BCUT2D eigenvalue weighted by Gasteiger charge is -2.08. The van der Waals surface area contributed by atoms with E-state index in [4.69, 9.17) is 5.73 Å². The molecule has 0 aliphatic rings. The van der Waals surface area contributed by atoms with Crippen LogP contribution in [-0.4, -0.2) is 38.9 Å². The maximum atomic E-state index is 11.2. The summed E-state index contributed by atoms with van der Waals surface area (Å²) < 4.78 is 21.5. The van der Waals surface area contributed by atoms with E-state index >= 15 is 0 Å². The van der Waals surface area contributed by atoms with Gasteiger partial charge in [-0.2, -0.15) is 0 Å². The molecule has 0 fully saturated rings. The van der Waals surface area contributed by atoms with Gasteiger partial charge in [-0.25, -0.2) is 8.42 Å². The van der Waals surface area contributed by atoms with Crippen LogP contribution < -0.4 is 11.1 Å². The van der Waals surface area contributed by atoms with Gasteiger partial charge in [-0.15, -0.1) is 0 Å². The van der Waals surface area contributed by atoms with Crippen molar-refractivity contribution in [2.45, 2.75) is 32.2 Å². The minimum atomic E-state index is -2.93. The highest BCUT2D eigenvalue weighted by Gasteiger charge is 2.07. The zero-order valence-electron chi connectivity index (χ0n) is 9.32. The second-order valence-corrected chi connectivity index (χ2v) is 5.97. The molecule has 0 aromatic heterocycles. The van der Waals surface area contributed by atoms with E-state index in [0.29, 0.717) is 19.4 Å². The van der Waals surface area contributed by atoms with Crippen LogP contribution in [0.5, 0.6) is 0 Å². The van der Waals surface area contributed by atoms with Crippen molar-refractivity contribution < 1.29 is 13.2 Å². The van der Waals surface area contributed by atoms with Crippen LogP contribution in [0.15, 0.2) is 0 Å². The predicted octanol–water partition coefficient (Wildman–Crippen LogP) is -0.335. The Balaban J connectivity index is 3.56. The second kappa shape index (κ2) is 6.79. The van der Waals surface area contributed by atoms with E-state index in [1.807, 2.05) is 6.92 Å². The molecule has 0 aromatic rings. The minimum absolute atomic E-state index is 0.104. The van der Waals surface area contributed by atoms with Crippen LogP contribution in [-0.2, 0) is 14.6 Å². The fourth-order valence-electron chi connectivity index (χ4n) is 1.02. The molecule has 15 heavy (non-hydrogen) atoms. The summed E-state index contributed by atoms with van der Waals surface area (Å²) in [5.74, 6) is -0.00882. The van der Waals surface area contributed by atoms with Crippen molar-refractivity contribution >= 4 is 15.7 Å². The van der Waals surface area contributed by atoms with E-state index in [9.17, 15) is 13.2 Å². The van der Waals surface area contributed by atoms with Gasteiger partial charge in [-0.05, 0) is 12.8 Å². The molecule has 0 saturated heterocycles. The molecule has 1 atom stereocenters. The SMILES string of the molecule is CCC(N)CC(=O)NCCCS(C)(=O)=O. The predicted molar refractivity (Wildman–Crippen MR) is 60.2 cm³/mol. The standard InChI is InChI=1S/C9H20N2O3S/c1-3-8(10)7-9(12)11-5-4-6-15(2,13)14/h8H,3-7,10H2,1-2H3,(H,11,12). The van der Waals surface area contributed by atoms with Gasteiger partial charge in [0.1, 0.15) is 9.84 Å². The van der Waals surface area contributed by atoms with Crippen LogP contribution in [0.1, 0.15) is 26.2 Å². The minimum Gasteiger partial charge on any atom is -0.356 e. The largest absolute Gasteiger partial charge is 0.356 e. The number of hydrogen-bond acceptors (Lipinski definition) is 4. The summed E-state index contributed by atoms with van der Waals surface area (Å²) in [4.78, 5) is 11.2. The molecule has 6 heteroatoms. The maximum absolute atomic E-state index is 11.2. The van der Waals surface area contributed by atoms with Gasteiger partial charge in [0.25, 0.3) is 0 Å². The first-order valence-corrected chi connectivity index (χ1v) is 7.11. The Kier molecular flexibility index (Phi) is 6.51. The number of carbonyl (C=O) groups is 1. The third kappa shape index (κ3) is 9.68. The van der Waals surface area contributed by atoms with Crippen LogP contribution in [0.3, 0.4) is 0 Å². The van der Waals surface area contributed by atoms with E-state index in [1.54, 1.807) is 0 Å². The molecule has 0 saturated carbocycles. The van der Waals surface area contributed by atoms with Gasteiger partial charge >= 0.3 is 0 Å². The first-order chi connectivity index (χ1) is 6.85. The highest BCUT2D eigenvalue weighted by molar-refractivity contribution is 7.90. The summed E-state index contributed by atoms with van der Waals surface area (Å²) in [5, 5.41) is 2.64. The molecule has 3 N–H and O–H groups in total. The Labute approximate surface area is 91.3 Å². The van der Waals surface area contributed by atoms with Gasteiger partial charge in [0.05, 0.1) is 5.75 Å². The average Bonchev–Trinajstić information content (AvgIpc) is 2.11. The Morgan fingerprint density at radius 3 is 2.53 bits per heavy atom. The molecular weight excluding hydrogens is 216 g/mol. The Morgan fingerprint density at radius 2 is 2.07 bits per heavy atom. The zero-order valence-corrected chi connectivity index (χ0v) is 10.1. The number of carbonyl (C=O) groups excluding carboxylic acids is 1. The second-order valence-electron chi connectivity index (χ2n) is 3.71. The summed E-state index contributed by atoms with van der Waals surface area (Å²) in [6, 6.07) is -0.111. The average molecular weight is 236 g/mol. The van der Waals surface area contributed by atoms with Gasteiger partial charge in [0, 0.05) is 25.3 Å². The topological polar surface area (TPSA) is 89.3 Å². The molecular formula is C9H20N2O3S. The normalized spacial score (nSPS) is 13.5. The lowest BCUT2D eigenvalue weighted by atomic mass is 10.1. The molecule has 0 aliphatic heterocycles. The van der Waals surface area contributed by atoms with E-state index < -0.39 is 9.84 Å². The zero-order chi connectivity index (χ0) is 11.9. The number of hydrogen-bond donors (Lipinski definition) is 2. The molecule has 5 nitrogen and oxygen atoms in total. The number of rotatable bonds is 7. The van der Waals surface area contributed by atoms with Crippen LogP contribution in [0.25, 0.3) is 0 Å². The van der Waals surface area contributed by atoms with Crippen molar-refractivity contribution in [3.8, 4) is 0 Å². The van der Waals surface area contributed by atoms with E-state index in [-0.39, 0.29) is 17.7 Å². The summed E-state index contributed by atoms with van der Waals surface area (Å²) in [6.07, 6.45) is 2.69. The molecule has 0 radical (unpaired) electrons. The van der Waals surface area contributed by atoms with Gasteiger partial charge in [-0.1, -0.05) is 6.92 Å². The van der Waals surface area contributed by atoms with E-state index in [1.165, 1.54) is 6.26 Å². The molecule has 90 valence electrons. The molecule has 0 bridgehead atoms. The van der Waals surface area contributed by atoms with Crippen LogP contribution in [0.2, 0.25) is 0 Å². The third-order valence-electron chi connectivity index (χ3n) is 1.99. The van der Waals surface area contributed by atoms with Crippen molar-refractivity contribution in [1.82, 2.24) is 5.32 Å². The Morgan fingerprint density at radius 1 is 1.47 bits per heavy atom. The lowest BCUT2D eigenvalue weighted by molar-refractivity contribution is -0.121. The van der Waals surface area contributed by atoms with Crippen LogP contribution >= 0.6 is 0 Å². The monoisotopic (exact) mass is 236 g/mol. The smallest absolute Gasteiger partial charge is 0.221 e.